The minimum atomic E-state index is -2.38. The zero-order valence-corrected chi connectivity index (χ0v) is 10.7. The fourth-order valence-corrected chi connectivity index (χ4v) is 1.52. The first-order chi connectivity index (χ1) is 8.00. The highest BCUT2D eigenvalue weighted by atomic mass is 19.3. The first-order valence-corrected chi connectivity index (χ1v) is 6.08. The fourth-order valence-electron chi connectivity index (χ4n) is 1.52. The van der Waals surface area contributed by atoms with Crippen LogP contribution in [0.5, 0.6) is 0 Å². The average Bonchev–Trinajstić information content (AvgIpc) is 2.29. The van der Waals surface area contributed by atoms with Crippen molar-refractivity contribution < 1.29 is 8.78 Å². The Kier molecular flexibility index (Phi) is 5.56. The molecule has 1 rings (SSSR count). The van der Waals surface area contributed by atoms with Gasteiger partial charge in [-0.2, -0.15) is 0 Å². The van der Waals surface area contributed by atoms with E-state index in [1.807, 2.05) is 6.07 Å². The topological polar surface area (TPSA) is 12.0 Å². The van der Waals surface area contributed by atoms with E-state index in [1.54, 1.807) is 12.1 Å². The van der Waals surface area contributed by atoms with Crippen LogP contribution in [0.15, 0.2) is 24.3 Å². The van der Waals surface area contributed by atoms with E-state index in [0.29, 0.717) is 18.4 Å². The van der Waals surface area contributed by atoms with Gasteiger partial charge >= 0.3 is 0 Å². The lowest BCUT2D eigenvalue weighted by Gasteiger charge is -2.16. The molecule has 0 aliphatic rings. The quantitative estimate of drug-likeness (QED) is 0.793. The van der Waals surface area contributed by atoms with Gasteiger partial charge < -0.3 is 5.32 Å². The molecule has 1 atom stereocenters. The van der Waals surface area contributed by atoms with Gasteiger partial charge in [-0.15, -0.1) is 0 Å². The van der Waals surface area contributed by atoms with Gasteiger partial charge in [0.15, 0.2) is 0 Å². The Morgan fingerprint density at radius 3 is 2.47 bits per heavy atom. The molecule has 3 heteroatoms. The predicted octanol–water partition coefficient (Wildman–Crippen LogP) is 4.01. The molecule has 0 aliphatic carbocycles. The third-order valence-corrected chi connectivity index (χ3v) is 3.14. The molecule has 0 bridgehead atoms. The molecule has 0 spiro atoms. The summed E-state index contributed by atoms with van der Waals surface area (Å²) in [5.41, 5.74) is 1.01. The lowest BCUT2D eigenvalue weighted by atomic mass is 9.98. The molecular weight excluding hydrogens is 220 g/mol. The second-order valence-electron chi connectivity index (χ2n) is 4.90. The second-order valence-corrected chi connectivity index (χ2v) is 4.90. The van der Waals surface area contributed by atoms with Crippen molar-refractivity contribution in [1.29, 1.82) is 0 Å². The van der Waals surface area contributed by atoms with E-state index in [9.17, 15) is 8.78 Å². The number of nitrogens with one attached hydrogen (secondary N) is 1. The molecule has 17 heavy (non-hydrogen) atoms. The van der Waals surface area contributed by atoms with Crippen LogP contribution in [0.1, 0.15) is 38.3 Å². The van der Waals surface area contributed by atoms with Crippen molar-refractivity contribution in [2.75, 3.05) is 6.54 Å². The Labute approximate surface area is 102 Å². The number of hydrogen-bond donors (Lipinski definition) is 1. The number of hydrogen-bond acceptors (Lipinski definition) is 1. The minimum absolute atomic E-state index is 0.0983. The number of benzene rings is 1. The largest absolute Gasteiger partial charge is 0.312 e. The Morgan fingerprint density at radius 1 is 1.18 bits per heavy atom. The van der Waals surface area contributed by atoms with E-state index in [1.165, 1.54) is 6.07 Å². The predicted molar refractivity (Wildman–Crippen MR) is 67.1 cm³/mol. The van der Waals surface area contributed by atoms with Gasteiger partial charge in [-0.25, -0.2) is 8.78 Å². The van der Waals surface area contributed by atoms with Crippen molar-refractivity contribution in [2.24, 2.45) is 11.8 Å². The van der Waals surface area contributed by atoms with Crippen molar-refractivity contribution in [3.8, 4) is 0 Å². The van der Waals surface area contributed by atoms with Gasteiger partial charge in [-0.3, -0.25) is 0 Å². The van der Waals surface area contributed by atoms with Crippen molar-refractivity contribution in [3.05, 3.63) is 35.4 Å². The summed E-state index contributed by atoms with van der Waals surface area (Å²) in [6.07, 6.45) is -2.38. The summed E-state index contributed by atoms with van der Waals surface area (Å²) in [5.74, 6) is 1.23. The molecule has 1 nitrogen and oxygen atoms in total. The lowest BCUT2D eigenvalue weighted by Crippen LogP contribution is -2.23. The highest BCUT2D eigenvalue weighted by Gasteiger charge is 2.08. The lowest BCUT2D eigenvalue weighted by molar-refractivity contribution is 0.151. The van der Waals surface area contributed by atoms with Crippen LogP contribution >= 0.6 is 0 Å². The summed E-state index contributed by atoms with van der Waals surface area (Å²) >= 11 is 0. The molecule has 0 amide bonds. The number of alkyl halides is 2. The van der Waals surface area contributed by atoms with Gasteiger partial charge in [0.2, 0.25) is 0 Å². The summed E-state index contributed by atoms with van der Waals surface area (Å²) < 4.78 is 25.0. The minimum Gasteiger partial charge on any atom is -0.312 e. The van der Waals surface area contributed by atoms with Gasteiger partial charge in [-0.1, -0.05) is 39.0 Å². The SMILES string of the molecule is CC(C)C(C)CNCc1cccc(C(F)F)c1. The Bertz CT molecular complexity index is 337. The molecule has 1 aromatic carbocycles. The highest BCUT2D eigenvalue weighted by Crippen LogP contribution is 2.19. The van der Waals surface area contributed by atoms with Crippen LogP contribution in [0.2, 0.25) is 0 Å². The van der Waals surface area contributed by atoms with E-state index in [4.69, 9.17) is 0 Å². The molecule has 0 aromatic heterocycles. The van der Waals surface area contributed by atoms with E-state index < -0.39 is 6.43 Å². The molecule has 0 saturated heterocycles. The van der Waals surface area contributed by atoms with Crippen LogP contribution in [0.25, 0.3) is 0 Å². The summed E-state index contributed by atoms with van der Waals surface area (Å²) in [5, 5.41) is 3.30. The molecule has 0 aliphatic heterocycles. The molecule has 0 fully saturated rings. The summed E-state index contributed by atoms with van der Waals surface area (Å²) in [7, 11) is 0. The third-order valence-electron chi connectivity index (χ3n) is 3.14. The zero-order valence-electron chi connectivity index (χ0n) is 10.7. The fraction of sp³-hybridized carbons (Fsp3) is 0.571. The van der Waals surface area contributed by atoms with Gasteiger partial charge in [0.05, 0.1) is 0 Å². The number of rotatable bonds is 6. The monoisotopic (exact) mass is 241 g/mol. The van der Waals surface area contributed by atoms with Gasteiger partial charge in [-0.05, 0) is 30.0 Å². The molecule has 1 N–H and O–H groups in total. The van der Waals surface area contributed by atoms with Gasteiger partial charge in [0, 0.05) is 12.1 Å². The Balaban J connectivity index is 2.44. The zero-order chi connectivity index (χ0) is 12.8. The Morgan fingerprint density at radius 2 is 1.88 bits per heavy atom. The maximum atomic E-state index is 12.5. The second kappa shape index (κ2) is 6.70. The highest BCUT2D eigenvalue weighted by molar-refractivity contribution is 5.24. The first kappa shape index (κ1) is 14.1. The van der Waals surface area contributed by atoms with Crippen molar-refractivity contribution in [1.82, 2.24) is 5.32 Å². The van der Waals surface area contributed by atoms with E-state index in [-0.39, 0.29) is 5.56 Å². The Hall–Kier alpha value is -0.960. The average molecular weight is 241 g/mol. The molecule has 1 aromatic rings. The van der Waals surface area contributed by atoms with Crippen LogP contribution in [0, 0.1) is 11.8 Å². The van der Waals surface area contributed by atoms with Crippen molar-refractivity contribution in [2.45, 2.75) is 33.7 Å². The standard InChI is InChI=1S/C14H21F2N/c1-10(2)11(3)8-17-9-12-5-4-6-13(7-12)14(15)16/h4-7,10-11,14,17H,8-9H2,1-3H3. The van der Waals surface area contributed by atoms with E-state index >= 15 is 0 Å². The van der Waals surface area contributed by atoms with Gasteiger partial charge in [0.25, 0.3) is 6.43 Å². The van der Waals surface area contributed by atoms with Crippen molar-refractivity contribution >= 4 is 0 Å². The molecule has 1 unspecified atom stereocenters. The van der Waals surface area contributed by atoms with Crippen LogP contribution in [0.3, 0.4) is 0 Å². The van der Waals surface area contributed by atoms with Crippen molar-refractivity contribution in [3.63, 3.8) is 0 Å². The smallest absolute Gasteiger partial charge is 0.263 e. The molecule has 0 radical (unpaired) electrons. The van der Waals surface area contributed by atoms with Crippen LogP contribution < -0.4 is 5.32 Å². The number of halogens is 2. The summed E-state index contributed by atoms with van der Waals surface area (Å²) in [4.78, 5) is 0. The maximum Gasteiger partial charge on any atom is 0.263 e. The first-order valence-electron chi connectivity index (χ1n) is 6.08. The van der Waals surface area contributed by atoms with Gasteiger partial charge in [0.1, 0.15) is 0 Å². The van der Waals surface area contributed by atoms with E-state index in [2.05, 4.69) is 26.1 Å². The van der Waals surface area contributed by atoms with Crippen LogP contribution in [-0.2, 0) is 6.54 Å². The molecular formula is C14H21F2N. The van der Waals surface area contributed by atoms with Crippen LogP contribution in [-0.4, -0.2) is 6.54 Å². The van der Waals surface area contributed by atoms with E-state index in [0.717, 1.165) is 12.1 Å². The third kappa shape index (κ3) is 4.82. The normalized spacial score (nSPS) is 13.4. The molecule has 0 heterocycles. The molecule has 96 valence electrons. The maximum absolute atomic E-state index is 12.5. The van der Waals surface area contributed by atoms with Crippen LogP contribution in [0.4, 0.5) is 8.78 Å². The summed E-state index contributed by atoms with van der Waals surface area (Å²) in [6.45, 7) is 8.12. The summed E-state index contributed by atoms with van der Waals surface area (Å²) in [6, 6.07) is 6.59. The molecule has 0 saturated carbocycles.